The van der Waals surface area contributed by atoms with Gasteiger partial charge in [0.05, 0.1) is 6.61 Å². The summed E-state index contributed by atoms with van der Waals surface area (Å²) in [6.45, 7) is 3.57. The van der Waals surface area contributed by atoms with E-state index in [1.165, 1.54) is 0 Å². The number of hydrogen-bond acceptors (Lipinski definition) is 4. The predicted molar refractivity (Wildman–Crippen MR) is 105 cm³/mol. The van der Waals surface area contributed by atoms with Gasteiger partial charge in [0, 0.05) is 23.3 Å². The Hall–Kier alpha value is -2.72. The first kappa shape index (κ1) is 18.1. The maximum Gasteiger partial charge on any atom is 0.161 e. The van der Waals surface area contributed by atoms with Crippen LogP contribution in [0.5, 0.6) is 11.5 Å². The van der Waals surface area contributed by atoms with Crippen LogP contribution in [0.15, 0.2) is 66.9 Å². The standard InChI is InChI=1S/C21H21ClN2O2/c1-2-25-20-13-16(14-24-21-9-5-6-12-23-21)10-11-19(20)26-15-17-7-3-4-8-18(17)22/h3-13H,2,14-15H2,1H3,(H,23,24). The van der Waals surface area contributed by atoms with Crippen molar-refractivity contribution in [2.75, 3.05) is 11.9 Å². The van der Waals surface area contributed by atoms with Crippen molar-refractivity contribution >= 4 is 17.4 Å². The lowest BCUT2D eigenvalue weighted by molar-refractivity contribution is 0.269. The average molecular weight is 369 g/mol. The molecule has 0 aliphatic carbocycles. The van der Waals surface area contributed by atoms with Crippen molar-refractivity contribution in [3.8, 4) is 11.5 Å². The molecule has 0 atom stereocenters. The van der Waals surface area contributed by atoms with Crippen LogP contribution in [0.3, 0.4) is 0 Å². The second-order valence-electron chi connectivity index (χ2n) is 5.66. The normalized spacial score (nSPS) is 10.4. The molecule has 3 aromatic rings. The van der Waals surface area contributed by atoms with E-state index < -0.39 is 0 Å². The van der Waals surface area contributed by atoms with Crippen LogP contribution in [0.2, 0.25) is 5.02 Å². The monoisotopic (exact) mass is 368 g/mol. The first-order valence-corrected chi connectivity index (χ1v) is 8.91. The molecule has 0 bridgehead atoms. The summed E-state index contributed by atoms with van der Waals surface area (Å²) in [6, 6.07) is 19.4. The van der Waals surface area contributed by atoms with Gasteiger partial charge in [0.15, 0.2) is 11.5 Å². The van der Waals surface area contributed by atoms with Gasteiger partial charge in [-0.05, 0) is 42.8 Å². The number of nitrogens with one attached hydrogen (secondary N) is 1. The molecule has 0 fully saturated rings. The topological polar surface area (TPSA) is 43.4 Å². The van der Waals surface area contributed by atoms with Crippen molar-refractivity contribution in [3.05, 3.63) is 83.0 Å². The minimum absolute atomic E-state index is 0.394. The minimum Gasteiger partial charge on any atom is -0.490 e. The number of nitrogens with zero attached hydrogens (tertiary/aromatic N) is 1. The molecule has 2 aromatic carbocycles. The smallest absolute Gasteiger partial charge is 0.161 e. The summed E-state index contributed by atoms with van der Waals surface area (Å²) < 4.78 is 11.7. The third kappa shape index (κ3) is 4.90. The molecule has 0 aliphatic rings. The van der Waals surface area contributed by atoms with E-state index in [2.05, 4.69) is 10.3 Å². The molecule has 5 heteroatoms. The SMILES string of the molecule is CCOc1cc(CNc2ccccn2)ccc1OCc1ccccc1Cl. The number of aromatic nitrogens is 1. The molecule has 3 rings (SSSR count). The molecule has 1 aromatic heterocycles. The number of benzene rings is 2. The summed E-state index contributed by atoms with van der Waals surface area (Å²) in [5.41, 5.74) is 2.03. The van der Waals surface area contributed by atoms with Crippen LogP contribution in [-0.4, -0.2) is 11.6 Å². The van der Waals surface area contributed by atoms with Gasteiger partial charge in [-0.2, -0.15) is 0 Å². The van der Waals surface area contributed by atoms with E-state index in [1.807, 2.05) is 67.6 Å². The minimum atomic E-state index is 0.394. The largest absolute Gasteiger partial charge is 0.490 e. The van der Waals surface area contributed by atoms with E-state index in [9.17, 15) is 0 Å². The lowest BCUT2D eigenvalue weighted by Crippen LogP contribution is -2.04. The first-order valence-electron chi connectivity index (χ1n) is 8.53. The molecule has 134 valence electrons. The number of halogens is 1. The highest BCUT2D eigenvalue weighted by atomic mass is 35.5. The molecule has 0 spiro atoms. The van der Waals surface area contributed by atoms with E-state index >= 15 is 0 Å². The van der Waals surface area contributed by atoms with Crippen LogP contribution < -0.4 is 14.8 Å². The summed E-state index contributed by atoms with van der Waals surface area (Å²) in [7, 11) is 0. The van der Waals surface area contributed by atoms with Crippen LogP contribution in [0.25, 0.3) is 0 Å². The molecule has 1 N–H and O–H groups in total. The Bertz CT molecular complexity index is 840. The fourth-order valence-electron chi connectivity index (χ4n) is 2.48. The van der Waals surface area contributed by atoms with Crippen molar-refractivity contribution in [2.24, 2.45) is 0 Å². The number of anilines is 1. The van der Waals surface area contributed by atoms with E-state index in [0.29, 0.717) is 30.5 Å². The number of ether oxygens (including phenoxy) is 2. The maximum atomic E-state index is 6.19. The van der Waals surface area contributed by atoms with E-state index in [4.69, 9.17) is 21.1 Å². The zero-order chi connectivity index (χ0) is 18.2. The fourth-order valence-corrected chi connectivity index (χ4v) is 2.67. The van der Waals surface area contributed by atoms with Gasteiger partial charge in [-0.15, -0.1) is 0 Å². The second kappa shape index (κ2) is 9.11. The van der Waals surface area contributed by atoms with Gasteiger partial charge in [-0.3, -0.25) is 0 Å². The Morgan fingerprint density at radius 2 is 1.81 bits per heavy atom. The van der Waals surface area contributed by atoms with Crippen LogP contribution in [0.4, 0.5) is 5.82 Å². The van der Waals surface area contributed by atoms with Crippen LogP contribution in [-0.2, 0) is 13.2 Å². The molecule has 0 unspecified atom stereocenters. The zero-order valence-electron chi connectivity index (χ0n) is 14.6. The van der Waals surface area contributed by atoms with Gasteiger partial charge in [0.2, 0.25) is 0 Å². The number of pyridine rings is 1. The Kier molecular flexibility index (Phi) is 6.34. The number of rotatable bonds is 8. The molecular formula is C21H21ClN2O2. The van der Waals surface area contributed by atoms with E-state index in [0.717, 1.165) is 22.7 Å². The van der Waals surface area contributed by atoms with E-state index in [-0.39, 0.29) is 0 Å². The van der Waals surface area contributed by atoms with Crippen molar-refractivity contribution in [1.82, 2.24) is 4.98 Å². The highest BCUT2D eigenvalue weighted by molar-refractivity contribution is 6.31. The van der Waals surface area contributed by atoms with Crippen LogP contribution in [0, 0.1) is 0 Å². The summed E-state index contributed by atoms with van der Waals surface area (Å²) in [4.78, 5) is 4.26. The average Bonchev–Trinajstić information content (AvgIpc) is 2.68. The van der Waals surface area contributed by atoms with E-state index in [1.54, 1.807) is 6.20 Å². The summed E-state index contributed by atoms with van der Waals surface area (Å²) in [5, 5.41) is 3.99. The molecular weight excluding hydrogens is 348 g/mol. The number of hydrogen-bond donors (Lipinski definition) is 1. The van der Waals surface area contributed by atoms with Gasteiger partial charge in [0.25, 0.3) is 0 Å². The third-order valence-corrected chi connectivity index (χ3v) is 4.16. The van der Waals surface area contributed by atoms with Crippen LogP contribution in [0.1, 0.15) is 18.1 Å². The Morgan fingerprint density at radius 1 is 0.962 bits per heavy atom. The highest BCUT2D eigenvalue weighted by Gasteiger charge is 2.08. The van der Waals surface area contributed by atoms with Gasteiger partial charge in [-0.25, -0.2) is 4.98 Å². The van der Waals surface area contributed by atoms with Crippen LogP contribution >= 0.6 is 11.6 Å². The van der Waals surface area contributed by atoms with Crippen molar-refractivity contribution in [2.45, 2.75) is 20.1 Å². The molecule has 0 radical (unpaired) electrons. The Morgan fingerprint density at radius 3 is 2.58 bits per heavy atom. The predicted octanol–water partition coefficient (Wildman–Crippen LogP) is 5.32. The van der Waals surface area contributed by atoms with Gasteiger partial charge in [-0.1, -0.05) is 41.9 Å². The Balaban J connectivity index is 1.69. The quantitative estimate of drug-likeness (QED) is 0.584. The first-order chi connectivity index (χ1) is 12.8. The zero-order valence-corrected chi connectivity index (χ0v) is 15.4. The molecule has 26 heavy (non-hydrogen) atoms. The maximum absolute atomic E-state index is 6.19. The fraction of sp³-hybridized carbons (Fsp3) is 0.190. The van der Waals surface area contributed by atoms with Gasteiger partial charge >= 0.3 is 0 Å². The molecule has 1 heterocycles. The molecule has 0 saturated heterocycles. The highest BCUT2D eigenvalue weighted by Crippen LogP contribution is 2.30. The summed E-state index contributed by atoms with van der Waals surface area (Å²) in [5.74, 6) is 2.26. The van der Waals surface area contributed by atoms with Crippen molar-refractivity contribution in [1.29, 1.82) is 0 Å². The second-order valence-corrected chi connectivity index (χ2v) is 6.07. The molecule has 0 amide bonds. The van der Waals surface area contributed by atoms with Gasteiger partial charge in [0.1, 0.15) is 12.4 Å². The van der Waals surface area contributed by atoms with Crippen molar-refractivity contribution in [3.63, 3.8) is 0 Å². The summed E-state index contributed by atoms with van der Waals surface area (Å²) in [6.07, 6.45) is 1.76. The van der Waals surface area contributed by atoms with Gasteiger partial charge < -0.3 is 14.8 Å². The van der Waals surface area contributed by atoms with Crippen molar-refractivity contribution < 1.29 is 9.47 Å². The summed E-state index contributed by atoms with van der Waals surface area (Å²) >= 11 is 6.19. The third-order valence-electron chi connectivity index (χ3n) is 3.79. The molecule has 4 nitrogen and oxygen atoms in total. The lowest BCUT2D eigenvalue weighted by Gasteiger charge is -2.14. The Labute approximate surface area is 158 Å². The lowest BCUT2D eigenvalue weighted by atomic mass is 10.2. The molecule has 0 aliphatic heterocycles. The molecule has 0 saturated carbocycles.